The summed E-state index contributed by atoms with van der Waals surface area (Å²) in [4.78, 5) is 27.6. The summed E-state index contributed by atoms with van der Waals surface area (Å²) in [5.41, 5.74) is 1.87. The fraction of sp³-hybridized carbons (Fsp3) is 0.105. The molecule has 0 saturated heterocycles. The number of azo groups is 1. The second-order valence-electron chi connectivity index (χ2n) is 6.31. The van der Waals surface area contributed by atoms with Gasteiger partial charge in [0, 0.05) is 23.1 Å². The zero-order valence-corrected chi connectivity index (χ0v) is 16.3. The summed E-state index contributed by atoms with van der Waals surface area (Å²) < 4.78 is 13.0. The van der Waals surface area contributed by atoms with Gasteiger partial charge >= 0.3 is 0 Å². The van der Waals surface area contributed by atoms with Crippen LogP contribution in [-0.2, 0) is 4.79 Å². The van der Waals surface area contributed by atoms with Crippen molar-refractivity contribution in [2.24, 2.45) is 15.3 Å². The van der Waals surface area contributed by atoms with E-state index in [1.165, 1.54) is 47.7 Å². The molecule has 1 aromatic heterocycles. The quantitative estimate of drug-likeness (QED) is 0.334. The summed E-state index contributed by atoms with van der Waals surface area (Å²) >= 11 is 1.18. The van der Waals surface area contributed by atoms with E-state index in [2.05, 4.69) is 20.3 Å². The second-order valence-corrected chi connectivity index (χ2v) is 7.15. The van der Waals surface area contributed by atoms with E-state index in [1.54, 1.807) is 24.4 Å². The minimum atomic E-state index is -0.903. The minimum Gasteiger partial charge on any atom is -0.269 e. The SMILES string of the molecule is CC1=NN(c2nc(-c3cccc([N+](=O)[O-])c3)cs2)C(=O)[C@@H]1N=Nc1ccc(F)cc1. The van der Waals surface area contributed by atoms with Gasteiger partial charge in [0.1, 0.15) is 5.82 Å². The van der Waals surface area contributed by atoms with Gasteiger partial charge in [0.25, 0.3) is 11.6 Å². The predicted molar refractivity (Wildman–Crippen MR) is 110 cm³/mol. The van der Waals surface area contributed by atoms with Crippen molar-refractivity contribution in [1.82, 2.24) is 4.98 Å². The molecule has 0 N–H and O–H groups in total. The molecule has 30 heavy (non-hydrogen) atoms. The predicted octanol–water partition coefficient (Wildman–Crippen LogP) is 4.73. The Morgan fingerprint density at radius 3 is 2.73 bits per heavy atom. The normalized spacial score (nSPS) is 16.3. The monoisotopic (exact) mass is 424 g/mol. The van der Waals surface area contributed by atoms with E-state index < -0.39 is 22.7 Å². The Balaban J connectivity index is 1.54. The Morgan fingerprint density at radius 1 is 1.23 bits per heavy atom. The summed E-state index contributed by atoms with van der Waals surface area (Å²) in [6, 6.07) is 10.6. The van der Waals surface area contributed by atoms with E-state index in [-0.39, 0.29) is 5.69 Å². The van der Waals surface area contributed by atoms with E-state index in [1.807, 2.05) is 0 Å². The van der Waals surface area contributed by atoms with E-state index in [4.69, 9.17) is 0 Å². The molecular weight excluding hydrogens is 411 g/mol. The molecule has 0 saturated carbocycles. The van der Waals surface area contributed by atoms with Crippen molar-refractivity contribution in [2.75, 3.05) is 5.01 Å². The van der Waals surface area contributed by atoms with Crippen LogP contribution >= 0.6 is 11.3 Å². The van der Waals surface area contributed by atoms with Crippen molar-refractivity contribution in [2.45, 2.75) is 13.0 Å². The summed E-state index contributed by atoms with van der Waals surface area (Å²) in [6.45, 7) is 1.65. The molecule has 1 aliphatic rings. The van der Waals surface area contributed by atoms with Crippen LogP contribution in [0.25, 0.3) is 11.3 Å². The van der Waals surface area contributed by atoms with Gasteiger partial charge in [-0.25, -0.2) is 9.37 Å². The number of hydrogen-bond acceptors (Lipinski definition) is 8. The molecule has 0 unspecified atom stereocenters. The van der Waals surface area contributed by atoms with Crippen molar-refractivity contribution in [3.8, 4) is 11.3 Å². The van der Waals surface area contributed by atoms with Crippen LogP contribution in [0.3, 0.4) is 0 Å². The van der Waals surface area contributed by atoms with E-state index in [0.717, 1.165) is 5.01 Å². The van der Waals surface area contributed by atoms with Crippen molar-refractivity contribution >= 4 is 39.5 Å². The number of benzene rings is 2. The Morgan fingerprint density at radius 2 is 2.00 bits per heavy atom. The number of carbonyl (C=O) groups is 1. The first-order chi connectivity index (χ1) is 14.4. The van der Waals surface area contributed by atoms with Crippen LogP contribution in [0.15, 0.2) is 69.2 Å². The number of non-ortho nitro benzene ring substituents is 1. The third-order valence-electron chi connectivity index (χ3n) is 4.24. The molecule has 0 bridgehead atoms. The topological polar surface area (TPSA) is 113 Å². The molecule has 0 spiro atoms. The van der Waals surface area contributed by atoms with Gasteiger partial charge in [-0.15, -0.1) is 11.3 Å². The van der Waals surface area contributed by atoms with Crippen LogP contribution < -0.4 is 5.01 Å². The first kappa shape index (κ1) is 19.5. The Kier molecular flexibility index (Phi) is 5.11. The molecular formula is C19H13FN6O3S. The maximum Gasteiger partial charge on any atom is 0.282 e. The number of anilines is 1. The van der Waals surface area contributed by atoms with Crippen LogP contribution in [0.1, 0.15) is 6.92 Å². The highest BCUT2D eigenvalue weighted by Gasteiger charge is 2.36. The van der Waals surface area contributed by atoms with Crippen LogP contribution in [0.2, 0.25) is 0 Å². The zero-order chi connectivity index (χ0) is 21.3. The minimum absolute atomic E-state index is 0.0468. The molecule has 11 heteroatoms. The maximum atomic E-state index is 13.0. The Hall–Kier alpha value is -3.86. The van der Waals surface area contributed by atoms with E-state index in [0.29, 0.717) is 27.8 Å². The Bertz CT molecular complexity index is 1190. The molecule has 150 valence electrons. The number of hydrogen-bond donors (Lipinski definition) is 0. The second kappa shape index (κ2) is 7.87. The van der Waals surface area contributed by atoms with Crippen molar-refractivity contribution in [3.05, 3.63) is 69.8 Å². The number of rotatable bonds is 5. The largest absolute Gasteiger partial charge is 0.282 e. The molecule has 0 fully saturated rings. The van der Waals surface area contributed by atoms with Crippen LogP contribution in [0.4, 0.5) is 20.9 Å². The lowest BCUT2D eigenvalue weighted by molar-refractivity contribution is -0.384. The number of nitrogens with zero attached hydrogens (tertiary/aromatic N) is 6. The fourth-order valence-electron chi connectivity index (χ4n) is 2.73. The van der Waals surface area contributed by atoms with Gasteiger partial charge in [0.2, 0.25) is 5.13 Å². The van der Waals surface area contributed by atoms with Crippen molar-refractivity contribution in [3.63, 3.8) is 0 Å². The first-order valence-corrected chi connectivity index (χ1v) is 9.56. The van der Waals surface area contributed by atoms with Gasteiger partial charge in [-0.2, -0.15) is 20.3 Å². The Labute approximate surface area is 173 Å². The molecule has 2 aromatic carbocycles. The van der Waals surface area contributed by atoms with Crippen LogP contribution in [-0.4, -0.2) is 27.6 Å². The molecule has 3 aromatic rings. The molecule has 1 aliphatic heterocycles. The third-order valence-corrected chi connectivity index (χ3v) is 5.05. The summed E-state index contributed by atoms with van der Waals surface area (Å²) in [7, 11) is 0. The smallest absolute Gasteiger partial charge is 0.269 e. The first-order valence-electron chi connectivity index (χ1n) is 8.68. The number of hydrazone groups is 1. The van der Waals surface area contributed by atoms with Crippen molar-refractivity contribution < 1.29 is 14.1 Å². The van der Waals surface area contributed by atoms with Gasteiger partial charge < -0.3 is 0 Å². The van der Waals surface area contributed by atoms with Gasteiger partial charge in [-0.3, -0.25) is 14.9 Å². The zero-order valence-electron chi connectivity index (χ0n) is 15.5. The number of aromatic nitrogens is 1. The molecule has 2 heterocycles. The number of halogens is 1. The lowest BCUT2D eigenvalue weighted by Gasteiger charge is -2.08. The highest BCUT2D eigenvalue weighted by atomic mass is 32.1. The highest BCUT2D eigenvalue weighted by Crippen LogP contribution is 2.32. The van der Waals surface area contributed by atoms with E-state index >= 15 is 0 Å². The number of carbonyl (C=O) groups excluding carboxylic acids is 1. The van der Waals surface area contributed by atoms with Gasteiger partial charge in [-0.1, -0.05) is 12.1 Å². The molecule has 9 nitrogen and oxygen atoms in total. The summed E-state index contributed by atoms with van der Waals surface area (Å²) in [5.74, 6) is -0.809. The average molecular weight is 424 g/mol. The lowest BCUT2D eigenvalue weighted by Crippen LogP contribution is -2.29. The van der Waals surface area contributed by atoms with Gasteiger partial charge in [-0.05, 0) is 31.2 Å². The fourth-order valence-corrected chi connectivity index (χ4v) is 3.52. The molecule has 1 amide bonds. The average Bonchev–Trinajstić information content (AvgIpc) is 3.33. The van der Waals surface area contributed by atoms with Gasteiger partial charge in [0.05, 0.1) is 22.0 Å². The molecule has 0 radical (unpaired) electrons. The number of amides is 1. The van der Waals surface area contributed by atoms with E-state index in [9.17, 15) is 19.3 Å². The van der Waals surface area contributed by atoms with Gasteiger partial charge in [0.15, 0.2) is 6.04 Å². The van der Waals surface area contributed by atoms with Crippen LogP contribution in [0.5, 0.6) is 0 Å². The number of thiazole rings is 1. The molecule has 0 aliphatic carbocycles. The van der Waals surface area contributed by atoms with Crippen molar-refractivity contribution in [1.29, 1.82) is 0 Å². The standard InChI is InChI=1S/C19H13FN6O3S/c1-11-17(23-22-14-7-5-13(20)6-8-14)18(27)25(24-11)19-21-16(10-30-19)12-3-2-4-15(9-12)26(28)29/h2-10,17H,1H3/t17-/m1/s1. The number of nitro benzene ring substituents is 1. The maximum absolute atomic E-state index is 13.0. The third kappa shape index (κ3) is 3.82. The number of nitro groups is 1. The molecule has 1 atom stereocenters. The van der Waals surface area contributed by atoms with Crippen LogP contribution in [0, 0.1) is 15.9 Å². The highest BCUT2D eigenvalue weighted by molar-refractivity contribution is 7.14. The lowest BCUT2D eigenvalue weighted by atomic mass is 10.1. The summed E-state index contributed by atoms with van der Waals surface area (Å²) in [6.07, 6.45) is 0. The molecule has 4 rings (SSSR count). The summed E-state index contributed by atoms with van der Waals surface area (Å²) in [5, 5.41) is 26.4.